The van der Waals surface area contributed by atoms with Crippen LogP contribution in [0, 0.1) is 13.8 Å². The largest absolute Gasteiger partial charge is 0.289 e. The second kappa shape index (κ2) is 3.85. The van der Waals surface area contributed by atoms with Crippen LogP contribution < -0.4 is 0 Å². The predicted molar refractivity (Wildman–Crippen MR) is 61.7 cm³/mol. The van der Waals surface area contributed by atoms with E-state index in [0.29, 0.717) is 0 Å². The van der Waals surface area contributed by atoms with Gasteiger partial charge in [0.1, 0.15) is 0 Å². The molecule has 0 heterocycles. The predicted octanol–water partition coefficient (Wildman–Crippen LogP) is 4.34. The molecule has 0 unspecified atom stereocenters. The van der Waals surface area contributed by atoms with Crippen LogP contribution >= 0.6 is 11.8 Å². The Morgan fingerprint density at radius 2 is 1.50 bits per heavy atom. The lowest BCUT2D eigenvalue weighted by Crippen LogP contribution is -2.06. The third-order valence-electron chi connectivity index (χ3n) is 1.86. The minimum atomic E-state index is 0.170. The fourth-order valence-corrected chi connectivity index (χ4v) is 2.50. The summed E-state index contributed by atoms with van der Waals surface area (Å²) in [6, 6.07) is 3.95. The lowest BCUT2D eigenvalue weighted by molar-refractivity contribution is 0.348. The molecule has 0 fully saturated rings. The summed E-state index contributed by atoms with van der Waals surface area (Å²) in [6.45, 7) is 10.3. The number of rotatable bonds is 1. The number of thioether (sulfide) groups is 1. The number of hydrogen-bond acceptors (Lipinski definition) is 1. The Bertz CT molecular complexity index is 314. The van der Waals surface area contributed by atoms with Crippen molar-refractivity contribution in [3.05, 3.63) is 23.3 Å². The fourth-order valence-electron chi connectivity index (χ4n) is 1.32. The molecule has 1 radical (unpaired) electrons. The third kappa shape index (κ3) is 2.95. The summed E-state index contributed by atoms with van der Waals surface area (Å²) in [4.78, 5) is 1.19. The lowest BCUT2D eigenvalue weighted by Gasteiger charge is -2.18. The number of aryl methyl sites for hydroxylation is 2. The second-order valence-electron chi connectivity index (χ2n) is 4.60. The average molecular weight is 209 g/mol. The first-order valence-corrected chi connectivity index (χ1v) is 5.58. The van der Waals surface area contributed by atoms with Gasteiger partial charge in [0.2, 0.25) is 0 Å². The van der Waals surface area contributed by atoms with Crippen LogP contribution in [0.25, 0.3) is 0 Å². The fraction of sp³-hybridized carbons (Fsp3) is 0.500. The highest BCUT2D eigenvalue weighted by Gasteiger charge is 2.14. The highest BCUT2D eigenvalue weighted by atomic mass is 32.2. The van der Waals surface area contributed by atoms with Gasteiger partial charge in [0, 0.05) is 9.64 Å². The van der Waals surface area contributed by atoms with Crippen molar-refractivity contribution in [1.29, 1.82) is 0 Å². The molecular formula is C12H17OS. The van der Waals surface area contributed by atoms with Gasteiger partial charge in [-0.3, -0.25) is 5.11 Å². The lowest BCUT2D eigenvalue weighted by atomic mass is 10.1. The minimum Gasteiger partial charge on any atom is -0.289 e. The summed E-state index contributed by atoms with van der Waals surface area (Å²) in [5, 5.41) is 11.5. The molecule has 1 aromatic rings. The molecule has 0 aliphatic rings. The maximum atomic E-state index is 11.5. The molecule has 0 saturated carbocycles. The zero-order chi connectivity index (χ0) is 10.9. The molecule has 1 rings (SSSR count). The highest BCUT2D eigenvalue weighted by molar-refractivity contribution is 8.00. The smallest absolute Gasteiger partial charge is 0.184 e. The molecule has 0 saturated heterocycles. The summed E-state index contributed by atoms with van der Waals surface area (Å²) in [6.07, 6.45) is 0. The first kappa shape index (κ1) is 11.4. The molecule has 0 aliphatic carbocycles. The summed E-state index contributed by atoms with van der Waals surface area (Å²) in [5.74, 6) is 0.170. The van der Waals surface area contributed by atoms with Crippen molar-refractivity contribution in [2.75, 3.05) is 0 Å². The zero-order valence-corrected chi connectivity index (χ0v) is 10.3. The quantitative estimate of drug-likeness (QED) is 0.630. The van der Waals surface area contributed by atoms with Gasteiger partial charge in [0.25, 0.3) is 0 Å². The Labute approximate surface area is 90.5 Å². The van der Waals surface area contributed by atoms with Crippen molar-refractivity contribution >= 4 is 11.8 Å². The summed E-state index contributed by atoms with van der Waals surface area (Å²) >= 11 is 1.80. The molecule has 0 spiro atoms. The van der Waals surface area contributed by atoms with Crippen molar-refractivity contribution in [2.45, 2.75) is 44.3 Å². The molecule has 0 aliphatic heterocycles. The minimum absolute atomic E-state index is 0.170. The van der Waals surface area contributed by atoms with E-state index in [1.807, 2.05) is 26.0 Å². The molecule has 0 atom stereocenters. The molecule has 1 nitrogen and oxygen atoms in total. The molecule has 77 valence electrons. The van der Waals surface area contributed by atoms with Crippen LogP contribution in [0.2, 0.25) is 0 Å². The Morgan fingerprint density at radius 1 is 1.07 bits per heavy atom. The zero-order valence-electron chi connectivity index (χ0n) is 9.47. The van der Waals surface area contributed by atoms with Gasteiger partial charge >= 0.3 is 0 Å². The second-order valence-corrected chi connectivity index (χ2v) is 6.50. The van der Waals surface area contributed by atoms with E-state index < -0.39 is 0 Å². The maximum absolute atomic E-state index is 11.5. The highest BCUT2D eigenvalue weighted by Crippen LogP contribution is 2.35. The standard InChI is InChI=1S/C12H17OS/c1-8-6-10(14-12(3,4)5)7-9(2)11(8)13/h6-7H,1-5H3. The van der Waals surface area contributed by atoms with Crippen LogP contribution in [0.1, 0.15) is 31.9 Å². The van der Waals surface area contributed by atoms with Crippen LogP contribution in [-0.4, -0.2) is 4.75 Å². The molecule has 2 heteroatoms. The molecule has 0 aromatic heterocycles. The first-order chi connectivity index (χ1) is 6.29. The van der Waals surface area contributed by atoms with E-state index in [0.717, 1.165) is 11.1 Å². The average Bonchev–Trinajstić information content (AvgIpc) is 1.96. The first-order valence-electron chi connectivity index (χ1n) is 4.77. The van der Waals surface area contributed by atoms with Gasteiger partial charge in [-0.2, -0.15) is 0 Å². The van der Waals surface area contributed by atoms with Crippen molar-refractivity contribution < 1.29 is 5.11 Å². The normalized spacial score (nSPS) is 11.8. The molecule has 0 N–H and O–H groups in total. The van der Waals surface area contributed by atoms with E-state index in [1.54, 1.807) is 11.8 Å². The van der Waals surface area contributed by atoms with E-state index in [1.165, 1.54) is 4.90 Å². The van der Waals surface area contributed by atoms with Crippen LogP contribution in [0.4, 0.5) is 0 Å². The molecule has 14 heavy (non-hydrogen) atoms. The number of benzene rings is 1. The van der Waals surface area contributed by atoms with Gasteiger partial charge in [0.05, 0.1) is 0 Å². The Balaban J connectivity index is 3.02. The van der Waals surface area contributed by atoms with Crippen molar-refractivity contribution in [3.8, 4) is 5.75 Å². The van der Waals surface area contributed by atoms with E-state index in [4.69, 9.17) is 0 Å². The SMILES string of the molecule is Cc1cc(SC(C)(C)C)cc(C)c1[O]. The van der Waals surface area contributed by atoms with Gasteiger partial charge in [-0.15, -0.1) is 11.8 Å². The Kier molecular flexibility index (Phi) is 3.15. The van der Waals surface area contributed by atoms with Gasteiger partial charge in [-0.05, 0) is 37.1 Å². The molecular weight excluding hydrogens is 192 g/mol. The molecule has 0 amide bonds. The molecule has 1 aromatic carbocycles. The van der Waals surface area contributed by atoms with Crippen LogP contribution in [0.5, 0.6) is 5.75 Å². The van der Waals surface area contributed by atoms with Crippen molar-refractivity contribution in [1.82, 2.24) is 0 Å². The van der Waals surface area contributed by atoms with Crippen LogP contribution in [0.3, 0.4) is 0 Å². The van der Waals surface area contributed by atoms with Gasteiger partial charge < -0.3 is 0 Å². The summed E-state index contributed by atoms with van der Waals surface area (Å²) in [5.41, 5.74) is 1.69. The van der Waals surface area contributed by atoms with Gasteiger partial charge in [-0.25, -0.2) is 0 Å². The summed E-state index contributed by atoms with van der Waals surface area (Å²) in [7, 11) is 0. The topological polar surface area (TPSA) is 19.9 Å². The molecule has 0 bridgehead atoms. The van der Waals surface area contributed by atoms with Crippen molar-refractivity contribution in [3.63, 3.8) is 0 Å². The van der Waals surface area contributed by atoms with E-state index in [-0.39, 0.29) is 10.5 Å². The van der Waals surface area contributed by atoms with E-state index >= 15 is 0 Å². The van der Waals surface area contributed by atoms with E-state index in [2.05, 4.69) is 20.8 Å². The van der Waals surface area contributed by atoms with Crippen molar-refractivity contribution in [2.24, 2.45) is 0 Å². The Morgan fingerprint density at radius 3 is 1.86 bits per heavy atom. The Hall–Kier alpha value is -0.630. The van der Waals surface area contributed by atoms with Gasteiger partial charge in [-0.1, -0.05) is 20.8 Å². The van der Waals surface area contributed by atoms with Crippen LogP contribution in [0.15, 0.2) is 17.0 Å². The van der Waals surface area contributed by atoms with Crippen LogP contribution in [-0.2, 0) is 5.11 Å². The summed E-state index contributed by atoms with van der Waals surface area (Å²) < 4.78 is 0.198. The monoisotopic (exact) mass is 209 g/mol. The van der Waals surface area contributed by atoms with Gasteiger partial charge in [0.15, 0.2) is 5.75 Å². The number of hydrogen-bond donors (Lipinski definition) is 0. The maximum Gasteiger partial charge on any atom is 0.184 e. The van der Waals surface area contributed by atoms with E-state index in [9.17, 15) is 5.11 Å². The third-order valence-corrected chi connectivity index (χ3v) is 2.94.